The average molecular weight is 322 g/mol. The first-order chi connectivity index (χ1) is 11.7. The Hall–Kier alpha value is -2.89. The Morgan fingerprint density at radius 3 is 2.75 bits per heavy atom. The lowest BCUT2D eigenvalue weighted by Gasteiger charge is -2.21. The summed E-state index contributed by atoms with van der Waals surface area (Å²) in [5.41, 5.74) is 1.25. The standard InChI is InChI=1S/C18H22N6/c1-19-18(23(2)12-17-21-13-22-24(17)3)20-11-15-9-6-8-14-7-4-5-10-16(14)15/h4-10,13H,11-12H2,1-3H3,(H,19,20). The summed E-state index contributed by atoms with van der Waals surface area (Å²) in [6.07, 6.45) is 1.56. The second-order valence-corrected chi connectivity index (χ2v) is 5.69. The molecule has 0 radical (unpaired) electrons. The number of guanidine groups is 1. The van der Waals surface area contributed by atoms with Gasteiger partial charge in [-0.15, -0.1) is 0 Å². The smallest absolute Gasteiger partial charge is 0.194 e. The van der Waals surface area contributed by atoms with E-state index in [0.29, 0.717) is 6.54 Å². The molecule has 0 unspecified atom stereocenters. The van der Waals surface area contributed by atoms with E-state index in [1.54, 1.807) is 18.1 Å². The first-order valence-corrected chi connectivity index (χ1v) is 7.90. The van der Waals surface area contributed by atoms with Gasteiger partial charge in [0.2, 0.25) is 0 Å². The van der Waals surface area contributed by atoms with Gasteiger partial charge in [-0.2, -0.15) is 5.10 Å². The molecule has 1 aromatic heterocycles. The lowest BCUT2D eigenvalue weighted by atomic mass is 10.0. The van der Waals surface area contributed by atoms with Crippen LogP contribution in [0.1, 0.15) is 11.4 Å². The van der Waals surface area contributed by atoms with Gasteiger partial charge in [0.05, 0.1) is 6.54 Å². The number of benzene rings is 2. The predicted molar refractivity (Wildman–Crippen MR) is 96.6 cm³/mol. The van der Waals surface area contributed by atoms with Crippen molar-refractivity contribution < 1.29 is 0 Å². The summed E-state index contributed by atoms with van der Waals surface area (Å²) in [7, 11) is 5.67. The molecule has 1 N–H and O–H groups in total. The molecule has 6 heteroatoms. The Morgan fingerprint density at radius 2 is 2.00 bits per heavy atom. The van der Waals surface area contributed by atoms with Crippen LogP contribution in [0, 0.1) is 0 Å². The van der Waals surface area contributed by atoms with Crippen molar-refractivity contribution in [1.29, 1.82) is 0 Å². The normalized spacial score (nSPS) is 11.7. The third-order valence-electron chi connectivity index (χ3n) is 4.07. The van der Waals surface area contributed by atoms with Crippen LogP contribution in [0.4, 0.5) is 0 Å². The van der Waals surface area contributed by atoms with Crippen molar-refractivity contribution in [3.05, 3.63) is 60.2 Å². The molecule has 0 saturated carbocycles. The van der Waals surface area contributed by atoms with Gasteiger partial charge < -0.3 is 10.2 Å². The molecule has 0 aliphatic heterocycles. The topological polar surface area (TPSA) is 58.3 Å². The van der Waals surface area contributed by atoms with E-state index < -0.39 is 0 Å². The van der Waals surface area contributed by atoms with Crippen molar-refractivity contribution in [2.24, 2.45) is 12.0 Å². The number of aliphatic imine (C=N–C) groups is 1. The van der Waals surface area contributed by atoms with Gasteiger partial charge in [-0.1, -0.05) is 42.5 Å². The van der Waals surface area contributed by atoms with Crippen molar-refractivity contribution in [2.45, 2.75) is 13.1 Å². The van der Waals surface area contributed by atoms with Gasteiger partial charge in [-0.3, -0.25) is 9.67 Å². The third kappa shape index (κ3) is 3.37. The van der Waals surface area contributed by atoms with E-state index in [0.717, 1.165) is 18.3 Å². The number of nitrogens with one attached hydrogen (secondary N) is 1. The third-order valence-corrected chi connectivity index (χ3v) is 4.07. The van der Waals surface area contributed by atoms with Crippen LogP contribution in [0.2, 0.25) is 0 Å². The molecule has 24 heavy (non-hydrogen) atoms. The number of fused-ring (bicyclic) bond motifs is 1. The number of hydrogen-bond acceptors (Lipinski definition) is 3. The molecule has 1 heterocycles. The number of nitrogens with zero attached hydrogens (tertiary/aromatic N) is 5. The summed E-state index contributed by atoms with van der Waals surface area (Å²) in [4.78, 5) is 10.7. The molecule has 0 amide bonds. The number of hydrogen-bond donors (Lipinski definition) is 1. The fourth-order valence-corrected chi connectivity index (χ4v) is 2.76. The maximum atomic E-state index is 4.37. The molecular weight excluding hydrogens is 300 g/mol. The van der Waals surface area contributed by atoms with Gasteiger partial charge in [0.25, 0.3) is 0 Å². The minimum Gasteiger partial charge on any atom is -0.352 e. The van der Waals surface area contributed by atoms with Crippen molar-refractivity contribution >= 4 is 16.7 Å². The van der Waals surface area contributed by atoms with E-state index in [2.05, 4.69) is 62.9 Å². The first-order valence-electron chi connectivity index (χ1n) is 7.90. The minimum absolute atomic E-state index is 0.645. The fourth-order valence-electron chi connectivity index (χ4n) is 2.76. The van der Waals surface area contributed by atoms with Crippen molar-refractivity contribution in [2.75, 3.05) is 14.1 Å². The van der Waals surface area contributed by atoms with Gasteiger partial charge in [0.15, 0.2) is 5.96 Å². The molecule has 124 valence electrons. The zero-order valence-corrected chi connectivity index (χ0v) is 14.3. The molecule has 0 aliphatic rings. The maximum Gasteiger partial charge on any atom is 0.194 e. The van der Waals surface area contributed by atoms with Crippen molar-refractivity contribution in [1.82, 2.24) is 25.0 Å². The Bertz CT molecular complexity index is 846. The first kappa shape index (κ1) is 16.0. The van der Waals surface area contributed by atoms with Crippen molar-refractivity contribution in [3.63, 3.8) is 0 Å². The second-order valence-electron chi connectivity index (χ2n) is 5.69. The largest absolute Gasteiger partial charge is 0.352 e. The van der Waals surface area contributed by atoms with E-state index in [-0.39, 0.29) is 0 Å². The maximum absolute atomic E-state index is 4.37. The highest BCUT2D eigenvalue weighted by Crippen LogP contribution is 2.18. The minimum atomic E-state index is 0.645. The van der Waals surface area contributed by atoms with Gasteiger partial charge >= 0.3 is 0 Å². The number of aryl methyl sites for hydroxylation is 1. The number of aromatic nitrogens is 3. The van der Waals surface area contributed by atoms with Crippen molar-refractivity contribution in [3.8, 4) is 0 Å². The van der Waals surface area contributed by atoms with E-state index in [9.17, 15) is 0 Å². The summed E-state index contributed by atoms with van der Waals surface area (Å²) < 4.78 is 1.77. The quantitative estimate of drug-likeness (QED) is 0.591. The highest BCUT2D eigenvalue weighted by atomic mass is 15.4. The van der Waals surface area contributed by atoms with Crippen LogP contribution in [-0.4, -0.2) is 39.7 Å². The molecule has 0 spiro atoms. The van der Waals surface area contributed by atoms with Gasteiger partial charge in [0.1, 0.15) is 12.2 Å². The van der Waals surface area contributed by atoms with Crippen LogP contribution >= 0.6 is 0 Å². The monoisotopic (exact) mass is 322 g/mol. The Balaban J connectivity index is 1.70. The Labute approximate surface area is 141 Å². The summed E-state index contributed by atoms with van der Waals surface area (Å²) >= 11 is 0. The molecule has 0 atom stereocenters. The molecule has 0 saturated heterocycles. The number of rotatable bonds is 4. The molecular formula is C18H22N6. The molecule has 3 aromatic rings. The van der Waals surface area contributed by atoms with Gasteiger partial charge in [-0.25, -0.2) is 4.98 Å². The lowest BCUT2D eigenvalue weighted by Crippen LogP contribution is -2.38. The van der Waals surface area contributed by atoms with E-state index in [4.69, 9.17) is 0 Å². The van der Waals surface area contributed by atoms with E-state index in [1.165, 1.54) is 16.3 Å². The Kier molecular flexibility index (Phi) is 4.74. The Morgan fingerprint density at radius 1 is 1.21 bits per heavy atom. The summed E-state index contributed by atoms with van der Waals surface area (Å²) in [6.45, 7) is 1.36. The lowest BCUT2D eigenvalue weighted by molar-refractivity contribution is 0.448. The van der Waals surface area contributed by atoms with E-state index >= 15 is 0 Å². The summed E-state index contributed by atoms with van der Waals surface area (Å²) in [6, 6.07) is 14.8. The highest BCUT2D eigenvalue weighted by molar-refractivity contribution is 5.86. The molecule has 0 bridgehead atoms. The molecule has 6 nitrogen and oxygen atoms in total. The van der Waals surface area contributed by atoms with Crippen LogP contribution in [0.15, 0.2) is 53.8 Å². The zero-order chi connectivity index (χ0) is 16.9. The molecule has 0 aliphatic carbocycles. The predicted octanol–water partition coefficient (Wildman–Crippen LogP) is 2.18. The average Bonchev–Trinajstić information content (AvgIpc) is 3.00. The second kappa shape index (κ2) is 7.12. The fraction of sp³-hybridized carbons (Fsp3) is 0.278. The van der Waals surface area contributed by atoms with Crippen LogP contribution in [0.25, 0.3) is 10.8 Å². The summed E-state index contributed by atoms with van der Waals surface area (Å²) in [5.74, 6) is 1.72. The van der Waals surface area contributed by atoms with Crippen LogP contribution < -0.4 is 5.32 Å². The van der Waals surface area contributed by atoms with Gasteiger partial charge in [-0.05, 0) is 16.3 Å². The zero-order valence-electron chi connectivity index (χ0n) is 14.3. The van der Waals surface area contributed by atoms with Crippen LogP contribution in [0.5, 0.6) is 0 Å². The van der Waals surface area contributed by atoms with Gasteiger partial charge in [0, 0.05) is 27.7 Å². The SMILES string of the molecule is CN=C(NCc1cccc2ccccc12)N(C)Cc1ncnn1C. The molecule has 0 fully saturated rings. The molecule has 2 aromatic carbocycles. The molecule has 3 rings (SSSR count). The van der Waals surface area contributed by atoms with E-state index in [1.807, 2.05) is 19.0 Å². The van der Waals surface area contributed by atoms with Crippen LogP contribution in [0.3, 0.4) is 0 Å². The summed E-state index contributed by atoms with van der Waals surface area (Å²) in [5, 5.41) is 10.0. The van der Waals surface area contributed by atoms with Crippen LogP contribution in [-0.2, 0) is 20.1 Å². The highest BCUT2D eigenvalue weighted by Gasteiger charge is 2.10.